The van der Waals surface area contributed by atoms with E-state index in [0.717, 1.165) is 6.42 Å². The fraction of sp³-hybridized carbons (Fsp3) is 0.256. The van der Waals surface area contributed by atoms with E-state index in [1.807, 2.05) is 0 Å². The number of benzene rings is 4. The molecule has 3 heteroatoms. The third-order valence-electron chi connectivity index (χ3n) is 8.49. The molecule has 0 unspecified atom stereocenters. The summed E-state index contributed by atoms with van der Waals surface area (Å²) in [6.07, 6.45) is 10.6. The summed E-state index contributed by atoms with van der Waals surface area (Å²) < 4.78 is 3.85. The van der Waals surface area contributed by atoms with Crippen molar-refractivity contribution in [1.29, 1.82) is 0 Å². The van der Waals surface area contributed by atoms with Crippen LogP contribution in [0.5, 0.6) is 0 Å². The monoisotopic (exact) mass is 758 g/mol. The van der Waals surface area contributed by atoms with Gasteiger partial charge in [-0.1, -0.05) is 0 Å². The van der Waals surface area contributed by atoms with E-state index < -0.39 is 21.0 Å². The maximum atomic E-state index is 2.50. The first-order chi connectivity index (χ1) is 19.1. The van der Waals surface area contributed by atoms with Gasteiger partial charge in [0.15, 0.2) is 0 Å². The summed E-state index contributed by atoms with van der Waals surface area (Å²) in [5.41, 5.74) is 12.0. The minimum Gasteiger partial charge on any atom is -1.00 e. The van der Waals surface area contributed by atoms with Gasteiger partial charge in [0, 0.05) is 0 Å². The molecule has 0 radical (unpaired) electrons. The number of fused-ring (bicyclic) bond motifs is 3. The SMILES string of the molecule is CC(C)(C)c1ccc2c(c1)Cc1c-2ccc(C(C)(C)C)[c]1[Hf+2](=[C](c1ccccc1)c1ccccc1)[CH]1C=CC=C1.[Cl-].[Cl-]. The molecule has 0 atom stereocenters. The summed E-state index contributed by atoms with van der Waals surface area (Å²) in [5.74, 6) is 0. The fourth-order valence-electron chi connectivity index (χ4n) is 6.45. The number of allylic oxidation sites excluding steroid dienone is 4. The maximum Gasteiger partial charge on any atom is -1.00 e. The third kappa shape index (κ3) is 6.17. The second-order valence-corrected chi connectivity index (χ2v) is 22.3. The molecule has 6 rings (SSSR count). The first-order valence-corrected chi connectivity index (χ1v) is 20.3. The molecule has 0 N–H and O–H groups in total. The zero-order valence-corrected chi connectivity index (χ0v) is 30.6. The Bertz CT molecular complexity index is 1610. The number of hydrogen-bond acceptors (Lipinski definition) is 0. The van der Waals surface area contributed by atoms with Gasteiger partial charge in [-0.3, -0.25) is 0 Å². The molecule has 0 nitrogen and oxygen atoms in total. The van der Waals surface area contributed by atoms with Crippen LogP contribution in [0.1, 0.15) is 74.9 Å². The molecule has 0 spiro atoms. The van der Waals surface area contributed by atoms with E-state index in [0.29, 0.717) is 3.67 Å². The summed E-state index contributed by atoms with van der Waals surface area (Å²) in [6.45, 7) is 14.2. The Kier molecular flexibility index (Phi) is 9.88. The maximum absolute atomic E-state index is 2.91. The van der Waals surface area contributed by atoms with Crippen LogP contribution in [0.4, 0.5) is 0 Å². The molecule has 42 heavy (non-hydrogen) atoms. The average Bonchev–Trinajstić information content (AvgIpc) is 3.59. The molecule has 0 aromatic heterocycles. The molecule has 0 bridgehead atoms. The van der Waals surface area contributed by atoms with Crippen molar-refractivity contribution in [3.8, 4) is 11.1 Å². The van der Waals surface area contributed by atoms with Gasteiger partial charge in [-0.25, -0.2) is 0 Å². The van der Waals surface area contributed by atoms with Crippen molar-refractivity contribution in [2.75, 3.05) is 0 Å². The summed E-state index contributed by atoms with van der Waals surface area (Å²) in [7, 11) is 0. The molecule has 0 fully saturated rings. The summed E-state index contributed by atoms with van der Waals surface area (Å²) >= 11 is -2.91. The third-order valence-corrected chi connectivity index (χ3v) is 20.3. The van der Waals surface area contributed by atoms with Crippen LogP contribution in [-0.4, -0.2) is 3.26 Å². The number of rotatable bonds is 4. The van der Waals surface area contributed by atoms with Crippen LogP contribution in [0, 0.1) is 0 Å². The van der Waals surface area contributed by atoms with Crippen molar-refractivity contribution in [1.82, 2.24) is 0 Å². The van der Waals surface area contributed by atoms with E-state index in [9.17, 15) is 0 Å². The first-order valence-electron chi connectivity index (χ1n) is 14.6. The van der Waals surface area contributed by atoms with Crippen LogP contribution in [0.25, 0.3) is 11.1 Å². The Balaban J connectivity index is 0.00000202. The second-order valence-electron chi connectivity index (χ2n) is 13.4. The van der Waals surface area contributed by atoms with Crippen molar-refractivity contribution < 1.29 is 45.8 Å². The quantitative estimate of drug-likeness (QED) is 0.247. The first kappa shape index (κ1) is 32.6. The van der Waals surface area contributed by atoms with Gasteiger partial charge in [0.2, 0.25) is 0 Å². The van der Waals surface area contributed by atoms with Gasteiger partial charge in [-0.2, -0.15) is 0 Å². The molecule has 4 aromatic carbocycles. The molecule has 0 heterocycles. The normalized spacial score (nSPS) is 13.5. The number of halogens is 2. The average molecular weight is 758 g/mol. The van der Waals surface area contributed by atoms with Gasteiger partial charge >= 0.3 is 250 Å². The minimum absolute atomic E-state index is 0. The Morgan fingerprint density at radius 3 is 1.71 bits per heavy atom. The van der Waals surface area contributed by atoms with E-state index in [-0.39, 0.29) is 35.6 Å². The van der Waals surface area contributed by atoms with E-state index in [4.69, 9.17) is 0 Å². The second kappa shape index (κ2) is 12.7. The summed E-state index contributed by atoms with van der Waals surface area (Å²) in [5, 5.41) is 0. The van der Waals surface area contributed by atoms with Crippen molar-refractivity contribution in [2.24, 2.45) is 0 Å². The van der Waals surface area contributed by atoms with Crippen LogP contribution >= 0.6 is 0 Å². The Morgan fingerprint density at radius 1 is 0.643 bits per heavy atom. The Morgan fingerprint density at radius 2 is 1.19 bits per heavy atom. The van der Waals surface area contributed by atoms with Crippen molar-refractivity contribution >= 4 is 6.58 Å². The number of hydrogen-bond donors (Lipinski definition) is 0. The van der Waals surface area contributed by atoms with Crippen molar-refractivity contribution in [2.45, 2.75) is 62.5 Å². The topological polar surface area (TPSA) is 0 Å². The molecule has 0 saturated carbocycles. The van der Waals surface area contributed by atoms with Crippen LogP contribution in [-0.2, 0) is 38.2 Å². The molecule has 4 aromatic rings. The molecule has 214 valence electrons. The fourth-order valence-corrected chi connectivity index (χ4v) is 20.0. The van der Waals surface area contributed by atoms with Gasteiger partial charge in [0.25, 0.3) is 0 Å². The van der Waals surface area contributed by atoms with Gasteiger partial charge in [-0.15, -0.1) is 0 Å². The van der Waals surface area contributed by atoms with Crippen LogP contribution in [0.2, 0.25) is 3.67 Å². The van der Waals surface area contributed by atoms with Crippen molar-refractivity contribution in [3.63, 3.8) is 0 Å². The smallest absolute Gasteiger partial charge is 1.00 e. The largest absolute Gasteiger partial charge is 1.00 e. The van der Waals surface area contributed by atoms with Crippen LogP contribution in [0.15, 0.2) is 115 Å². The van der Waals surface area contributed by atoms with Crippen molar-refractivity contribution in [3.05, 3.63) is 149 Å². The Hall–Kier alpha value is -2.32. The molecular formula is C39H40Cl2Hf. The van der Waals surface area contributed by atoms with Crippen LogP contribution in [0.3, 0.4) is 0 Å². The summed E-state index contributed by atoms with van der Waals surface area (Å²) in [6, 6.07) is 34.7. The Labute approximate surface area is 272 Å². The standard InChI is InChI=1S/C21H25.C13H10.C5H5.2ClH.Hf/c1-20(2,3)16-7-9-18-14(12-16)11-15-13-17(21(4,5)6)8-10-19(15)18;1-3-7-12(8-4-1)11-13-9-5-2-6-10-13;1-2-4-5-3-1;;;/h7-10,12H,11H2,1-6H3;1-10H;1-5H;2*1H;/q;;;;;+2/p-2. The molecule has 0 aliphatic heterocycles. The van der Waals surface area contributed by atoms with E-state index >= 15 is 0 Å². The molecular weight excluding hydrogens is 718 g/mol. The molecule has 2 aliphatic carbocycles. The zero-order chi connectivity index (χ0) is 28.1. The van der Waals surface area contributed by atoms with E-state index in [1.165, 1.54) is 33.4 Å². The molecule has 0 saturated heterocycles. The summed E-state index contributed by atoms with van der Waals surface area (Å²) in [4.78, 5) is 0. The van der Waals surface area contributed by atoms with E-state index in [1.54, 1.807) is 17.7 Å². The van der Waals surface area contributed by atoms with Gasteiger partial charge in [0.05, 0.1) is 0 Å². The van der Waals surface area contributed by atoms with E-state index in [2.05, 4.69) is 157 Å². The van der Waals surface area contributed by atoms with Gasteiger partial charge < -0.3 is 24.8 Å². The van der Waals surface area contributed by atoms with Gasteiger partial charge in [-0.05, 0) is 0 Å². The van der Waals surface area contributed by atoms with Gasteiger partial charge in [0.1, 0.15) is 0 Å². The van der Waals surface area contributed by atoms with Crippen LogP contribution < -0.4 is 28.1 Å². The molecule has 2 aliphatic rings. The minimum atomic E-state index is -2.91. The zero-order valence-electron chi connectivity index (χ0n) is 25.5. The predicted octanol–water partition coefficient (Wildman–Crippen LogP) is 3.29. The predicted molar refractivity (Wildman–Crippen MR) is 170 cm³/mol. The molecule has 0 amide bonds.